The topological polar surface area (TPSA) is 96.2 Å². The van der Waals surface area contributed by atoms with Crippen LogP contribution in [0.25, 0.3) is 0 Å². The summed E-state index contributed by atoms with van der Waals surface area (Å²) in [5.74, 6) is -3.33. The number of halogens is 2. The number of benzene rings is 2. The first-order chi connectivity index (χ1) is 13.9. The molecule has 4 rings (SSSR count). The number of fused-ring (bicyclic) bond motifs is 1. The number of aliphatic carboxylic acids is 1. The van der Waals surface area contributed by atoms with Gasteiger partial charge in [-0.05, 0) is 24.3 Å². The molecule has 0 spiro atoms. The first-order valence-electron chi connectivity index (χ1n) is 8.55. The number of allylic oxidation sites excluding steroid dienone is 1. The van der Waals surface area contributed by atoms with Crippen LogP contribution in [0.4, 0.5) is 20.3 Å². The van der Waals surface area contributed by atoms with Crippen LogP contribution in [-0.2, 0) is 4.79 Å². The quantitative estimate of drug-likeness (QED) is 0.628. The molecule has 9 heteroatoms. The number of carboxylic acids is 1. The van der Waals surface area contributed by atoms with Gasteiger partial charge >= 0.3 is 5.97 Å². The molecule has 2 aromatic carbocycles. The zero-order valence-corrected chi connectivity index (χ0v) is 14.8. The van der Waals surface area contributed by atoms with Gasteiger partial charge < -0.3 is 15.7 Å². The molecule has 0 aliphatic carbocycles. The number of aromatic nitrogens is 2. The highest BCUT2D eigenvalue weighted by molar-refractivity contribution is 6.08. The number of nitrogens with zero attached hydrogens (tertiary/aromatic N) is 2. The molecule has 3 N–H and O–H groups in total. The predicted molar refractivity (Wildman–Crippen MR) is 100 cm³/mol. The van der Waals surface area contributed by atoms with Crippen molar-refractivity contribution >= 4 is 23.4 Å². The van der Waals surface area contributed by atoms with Gasteiger partial charge in [-0.1, -0.05) is 24.3 Å². The van der Waals surface area contributed by atoms with Crippen molar-refractivity contribution in [1.29, 1.82) is 0 Å². The minimum absolute atomic E-state index is 0.0195. The molecule has 1 aliphatic rings. The van der Waals surface area contributed by atoms with Crippen LogP contribution in [0.1, 0.15) is 22.0 Å². The maximum absolute atomic E-state index is 14.4. The Kier molecular flexibility index (Phi) is 4.55. The standard InChI is InChI=1S/C20H14F2N4O3/c21-11-6-7-13(15(22)8-11)17-9-16(20(28)29)25-18-14(10-23-26(17)18)19(27)24-12-4-2-1-3-5-12/h1-10,17,25H,(H,24,27)(H,28,29)/t17-/m1/s1. The summed E-state index contributed by atoms with van der Waals surface area (Å²) in [5.41, 5.74) is 0.392. The Bertz CT molecular complexity index is 1140. The molecule has 0 saturated carbocycles. The number of carbonyl (C=O) groups is 2. The minimum Gasteiger partial charge on any atom is -0.477 e. The van der Waals surface area contributed by atoms with E-state index in [1.165, 1.54) is 23.0 Å². The van der Waals surface area contributed by atoms with Gasteiger partial charge in [0.2, 0.25) is 0 Å². The Morgan fingerprint density at radius 2 is 1.90 bits per heavy atom. The Labute approximate surface area is 163 Å². The van der Waals surface area contributed by atoms with Crippen molar-refractivity contribution in [3.05, 3.63) is 89.3 Å². The molecule has 3 aromatic rings. The average molecular weight is 396 g/mol. The molecule has 0 unspecified atom stereocenters. The van der Waals surface area contributed by atoms with Gasteiger partial charge in [0.1, 0.15) is 34.8 Å². The van der Waals surface area contributed by atoms with Gasteiger partial charge in [-0.15, -0.1) is 0 Å². The van der Waals surface area contributed by atoms with Crippen LogP contribution in [0.2, 0.25) is 0 Å². The van der Waals surface area contributed by atoms with Crippen molar-refractivity contribution in [3.8, 4) is 0 Å². The van der Waals surface area contributed by atoms with Gasteiger partial charge in [-0.3, -0.25) is 4.79 Å². The minimum atomic E-state index is -1.29. The van der Waals surface area contributed by atoms with Gasteiger partial charge in [0.25, 0.3) is 5.91 Å². The van der Waals surface area contributed by atoms with Gasteiger partial charge in [-0.2, -0.15) is 5.10 Å². The number of hydrogen-bond donors (Lipinski definition) is 3. The molecule has 2 heterocycles. The van der Waals surface area contributed by atoms with Crippen LogP contribution < -0.4 is 10.6 Å². The first-order valence-corrected chi connectivity index (χ1v) is 8.55. The second kappa shape index (κ2) is 7.19. The normalized spacial score (nSPS) is 15.1. The van der Waals surface area contributed by atoms with E-state index in [-0.39, 0.29) is 22.6 Å². The van der Waals surface area contributed by atoms with E-state index in [4.69, 9.17) is 0 Å². The number of carbonyl (C=O) groups excluding carboxylic acids is 1. The third-order valence-electron chi connectivity index (χ3n) is 4.42. The van der Waals surface area contributed by atoms with E-state index in [2.05, 4.69) is 15.7 Å². The van der Waals surface area contributed by atoms with Crippen molar-refractivity contribution in [2.75, 3.05) is 10.6 Å². The third kappa shape index (κ3) is 3.45. The second-order valence-electron chi connectivity index (χ2n) is 6.29. The molecule has 1 aromatic heterocycles. The van der Waals surface area contributed by atoms with E-state index >= 15 is 0 Å². The molecule has 0 radical (unpaired) electrons. The van der Waals surface area contributed by atoms with Crippen LogP contribution in [0.5, 0.6) is 0 Å². The lowest BCUT2D eigenvalue weighted by molar-refractivity contribution is -0.132. The summed E-state index contributed by atoms with van der Waals surface area (Å²) < 4.78 is 28.9. The summed E-state index contributed by atoms with van der Waals surface area (Å²) in [4.78, 5) is 24.2. The smallest absolute Gasteiger partial charge is 0.352 e. The second-order valence-corrected chi connectivity index (χ2v) is 6.29. The lowest BCUT2D eigenvalue weighted by Gasteiger charge is -2.24. The highest BCUT2D eigenvalue weighted by Crippen LogP contribution is 2.33. The molecule has 1 atom stereocenters. The highest BCUT2D eigenvalue weighted by Gasteiger charge is 2.30. The maximum atomic E-state index is 14.4. The van der Waals surface area contributed by atoms with Gasteiger partial charge in [-0.25, -0.2) is 18.3 Å². The fraction of sp³-hybridized carbons (Fsp3) is 0.0500. The van der Waals surface area contributed by atoms with E-state index < -0.39 is 29.6 Å². The number of carboxylic acid groups (broad SMARTS) is 1. The average Bonchev–Trinajstić information content (AvgIpc) is 3.12. The van der Waals surface area contributed by atoms with Crippen molar-refractivity contribution < 1.29 is 23.5 Å². The number of amides is 1. The number of rotatable bonds is 4. The molecule has 1 aliphatic heterocycles. The largest absolute Gasteiger partial charge is 0.477 e. The Balaban J connectivity index is 1.76. The molecular weight excluding hydrogens is 382 g/mol. The van der Waals surface area contributed by atoms with Crippen LogP contribution in [0, 0.1) is 11.6 Å². The summed E-state index contributed by atoms with van der Waals surface area (Å²) in [6, 6.07) is 10.7. The van der Waals surface area contributed by atoms with Crippen molar-refractivity contribution in [3.63, 3.8) is 0 Å². The zero-order valence-electron chi connectivity index (χ0n) is 14.8. The van der Waals surface area contributed by atoms with Crippen molar-refractivity contribution in [2.24, 2.45) is 0 Å². The van der Waals surface area contributed by atoms with E-state index in [1.807, 2.05) is 0 Å². The van der Waals surface area contributed by atoms with E-state index in [1.54, 1.807) is 30.3 Å². The highest BCUT2D eigenvalue weighted by atomic mass is 19.1. The maximum Gasteiger partial charge on any atom is 0.352 e. The van der Waals surface area contributed by atoms with Crippen LogP contribution in [-0.4, -0.2) is 26.8 Å². The molecule has 7 nitrogen and oxygen atoms in total. The fourth-order valence-corrected chi connectivity index (χ4v) is 3.07. The summed E-state index contributed by atoms with van der Waals surface area (Å²) in [7, 11) is 0. The van der Waals surface area contributed by atoms with Crippen molar-refractivity contribution in [1.82, 2.24) is 9.78 Å². The summed E-state index contributed by atoms with van der Waals surface area (Å²) in [6.07, 6.45) is 2.51. The summed E-state index contributed by atoms with van der Waals surface area (Å²) in [5, 5.41) is 18.9. The zero-order chi connectivity index (χ0) is 20.5. The Morgan fingerprint density at radius 1 is 1.14 bits per heavy atom. The van der Waals surface area contributed by atoms with Crippen LogP contribution in [0.15, 0.2) is 66.5 Å². The molecule has 0 fully saturated rings. The van der Waals surface area contributed by atoms with Crippen LogP contribution >= 0.6 is 0 Å². The molecule has 1 amide bonds. The van der Waals surface area contributed by atoms with Gasteiger partial charge in [0.05, 0.1) is 6.20 Å². The van der Waals surface area contributed by atoms with E-state index in [9.17, 15) is 23.5 Å². The predicted octanol–water partition coefficient (Wildman–Crippen LogP) is 3.40. The third-order valence-corrected chi connectivity index (χ3v) is 4.42. The number of para-hydroxylation sites is 1. The monoisotopic (exact) mass is 396 g/mol. The Hall–Kier alpha value is -4.01. The lowest BCUT2D eigenvalue weighted by atomic mass is 10.0. The molecule has 0 saturated heterocycles. The first kappa shape index (κ1) is 18.4. The Morgan fingerprint density at radius 3 is 2.59 bits per heavy atom. The molecule has 146 valence electrons. The summed E-state index contributed by atoms with van der Waals surface area (Å²) >= 11 is 0. The van der Waals surface area contributed by atoms with Crippen LogP contribution in [0.3, 0.4) is 0 Å². The molecule has 29 heavy (non-hydrogen) atoms. The number of nitrogens with one attached hydrogen (secondary N) is 2. The molecule has 0 bridgehead atoms. The SMILES string of the molecule is O=C(O)C1=C[C@H](c2ccc(F)cc2F)n2ncc(C(=O)Nc3ccccc3)c2N1. The number of anilines is 2. The summed E-state index contributed by atoms with van der Waals surface area (Å²) in [6.45, 7) is 0. The lowest BCUT2D eigenvalue weighted by Crippen LogP contribution is -2.26. The number of hydrogen-bond acceptors (Lipinski definition) is 4. The van der Waals surface area contributed by atoms with E-state index in [0.29, 0.717) is 11.8 Å². The van der Waals surface area contributed by atoms with E-state index in [0.717, 1.165) is 6.07 Å². The van der Waals surface area contributed by atoms with Gasteiger partial charge in [0.15, 0.2) is 0 Å². The van der Waals surface area contributed by atoms with Gasteiger partial charge in [0, 0.05) is 17.3 Å². The van der Waals surface area contributed by atoms with Crippen molar-refractivity contribution in [2.45, 2.75) is 6.04 Å². The molecular formula is C20H14F2N4O3. The fourth-order valence-electron chi connectivity index (χ4n) is 3.07.